The van der Waals surface area contributed by atoms with E-state index < -0.39 is 0 Å². The van der Waals surface area contributed by atoms with E-state index in [0.717, 1.165) is 11.4 Å². The van der Waals surface area contributed by atoms with Crippen LogP contribution in [-0.2, 0) is 0 Å². The highest BCUT2D eigenvalue weighted by molar-refractivity contribution is 8.03. The van der Waals surface area contributed by atoms with Gasteiger partial charge in [-0.15, -0.1) is 0 Å². The largest absolute Gasteiger partial charge is 0.497 e. The van der Waals surface area contributed by atoms with Crippen LogP contribution < -0.4 is 9.64 Å². The van der Waals surface area contributed by atoms with E-state index in [-0.39, 0.29) is 0 Å². The number of hydrogen-bond donors (Lipinski definition) is 0. The fourth-order valence-corrected chi connectivity index (χ4v) is 4.17. The van der Waals surface area contributed by atoms with Gasteiger partial charge in [-0.3, -0.25) is 4.99 Å². The SMILES string of the molecule is COc1ccc(N=C/C=C/C=C2/Sc3ccc4ccccc4c3N2C)cc1. The summed E-state index contributed by atoms with van der Waals surface area (Å²) < 4.78 is 5.15. The van der Waals surface area contributed by atoms with E-state index in [2.05, 4.69) is 59.4 Å². The van der Waals surface area contributed by atoms with Crippen LogP contribution in [0.1, 0.15) is 0 Å². The van der Waals surface area contributed by atoms with Crippen molar-refractivity contribution in [3.8, 4) is 5.75 Å². The molecule has 27 heavy (non-hydrogen) atoms. The third-order valence-corrected chi connectivity index (χ3v) is 5.64. The Bertz CT molecular complexity index is 1050. The van der Waals surface area contributed by atoms with E-state index >= 15 is 0 Å². The Morgan fingerprint density at radius 1 is 0.963 bits per heavy atom. The van der Waals surface area contributed by atoms with Crippen LogP contribution in [0.25, 0.3) is 10.8 Å². The number of fused-ring (bicyclic) bond motifs is 3. The molecule has 0 fully saturated rings. The van der Waals surface area contributed by atoms with Gasteiger partial charge in [0, 0.05) is 23.5 Å². The monoisotopic (exact) mass is 372 g/mol. The van der Waals surface area contributed by atoms with Crippen molar-refractivity contribution in [2.75, 3.05) is 19.1 Å². The average molecular weight is 372 g/mol. The van der Waals surface area contributed by atoms with Gasteiger partial charge in [-0.1, -0.05) is 48.2 Å². The molecule has 3 aromatic carbocycles. The zero-order valence-corrected chi connectivity index (χ0v) is 16.1. The summed E-state index contributed by atoms with van der Waals surface area (Å²) in [6.45, 7) is 0. The Balaban J connectivity index is 1.48. The molecule has 0 aromatic heterocycles. The van der Waals surface area contributed by atoms with Crippen molar-refractivity contribution in [1.82, 2.24) is 0 Å². The van der Waals surface area contributed by atoms with Gasteiger partial charge in [0.2, 0.25) is 0 Å². The number of aliphatic imine (C=N–C) groups is 1. The van der Waals surface area contributed by atoms with Gasteiger partial charge in [-0.05, 0) is 47.9 Å². The quantitative estimate of drug-likeness (QED) is 0.510. The van der Waals surface area contributed by atoms with Gasteiger partial charge >= 0.3 is 0 Å². The molecule has 134 valence electrons. The second-order valence-electron chi connectivity index (χ2n) is 6.16. The first-order valence-corrected chi connectivity index (χ1v) is 9.56. The molecule has 1 aliphatic rings. The van der Waals surface area contributed by atoms with Crippen LogP contribution in [0.5, 0.6) is 5.75 Å². The molecular weight excluding hydrogens is 352 g/mol. The third kappa shape index (κ3) is 3.62. The van der Waals surface area contributed by atoms with Crippen molar-refractivity contribution < 1.29 is 4.74 Å². The number of ether oxygens (including phenoxy) is 1. The van der Waals surface area contributed by atoms with Crippen LogP contribution in [0.2, 0.25) is 0 Å². The predicted molar refractivity (Wildman–Crippen MR) is 117 cm³/mol. The summed E-state index contributed by atoms with van der Waals surface area (Å²) in [6, 6.07) is 20.6. The lowest BCUT2D eigenvalue weighted by Gasteiger charge is -2.15. The summed E-state index contributed by atoms with van der Waals surface area (Å²) in [5, 5.41) is 3.76. The average Bonchev–Trinajstić information content (AvgIpc) is 3.04. The molecule has 0 aliphatic carbocycles. The fourth-order valence-electron chi connectivity index (χ4n) is 3.09. The molecule has 3 aromatic rings. The van der Waals surface area contributed by atoms with Crippen LogP contribution in [0.4, 0.5) is 11.4 Å². The smallest absolute Gasteiger partial charge is 0.119 e. The minimum absolute atomic E-state index is 0.836. The summed E-state index contributed by atoms with van der Waals surface area (Å²) in [5.74, 6) is 0.836. The number of benzene rings is 3. The molecular formula is C23H20N2OS. The van der Waals surface area contributed by atoms with Crippen molar-refractivity contribution in [3.63, 3.8) is 0 Å². The van der Waals surface area contributed by atoms with Gasteiger partial charge < -0.3 is 9.64 Å². The second kappa shape index (κ2) is 7.72. The minimum Gasteiger partial charge on any atom is -0.497 e. The van der Waals surface area contributed by atoms with Crippen molar-refractivity contribution in [1.29, 1.82) is 0 Å². The van der Waals surface area contributed by atoms with Crippen LogP contribution in [0.15, 0.2) is 93.8 Å². The molecule has 0 bridgehead atoms. The summed E-state index contributed by atoms with van der Waals surface area (Å²) >= 11 is 1.80. The van der Waals surface area contributed by atoms with Gasteiger partial charge in [0.15, 0.2) is 0 Å². The van der Waals surface area contributed by atoms with Crippen LogP contribution in [0, 0.1) is 0 Å². The standard InChI is InChI=1S/C23H20N2OS/c1-25-22(9-5-6-16-24-18-11-13-19(26-2)14-12-18)27-21-15-10-17-7-3-4-8-20(17)23(21)25/h3-16H,1-2H3/b6-5+,22-9+,24-16?. The molecule has 0 atom stereocenters. The lowest BCUT2D eigenvalue weighted by molar-refractivity contribution is 0.415. The molecule has 4 rings (SSSR count). The highest BCUT2D eigenvalue weighted by atomic mass is 32.2. The van der Waals surface area contributed by atoms with Gasteiger partial charge in [0.25, 0.3) is 0 Å². The zero-order chi connectivity index (χ0) is 18.6. The van der Waals surface area contributed by atoms with Crippen molar-refractivity contribution in [2.45, 2.75) is 4.90 Å². The number of rotatable bonds is 4. The van der Waals surface area contributed by atoms with E-state index in [1.807, 2.05) is 36.4 Å². The van der Waals surface area contributed by atoms with E-state index in [4.69, 9.17) is 4.74 Å². The lowest BCUT2D eigenvalue weighted by Crippen LogP contribution is -2.09. The number of thioether (sulfide) groups is 1. The molecule has 0 N–H and O–H groups in total. The number of nitrogens with zero attached hydrogens (tertiary/aromatic N) is 2. The Hall–Kier alpha value is -2.98. The van der Waals surface area contributed by atoms with Gasteiger partial charge in [-0.2, -0.15) is 0 Å². The predicted octanol–water partition coefficient (Wildman–Crippen LogP) is 6.19. The Kier molecular flexibility index (Phi) is 4.99. The first kappa shape index (κ1) is 17.4. The lowest BCUT2D eigenvalue weighted by atomic mass is 10.1. The van der Waals surface area contributed by atoms with Crippen molar-refractivity contribution in [3.05, 3.63) is 83.9 Å². The van der Waals surface area contributed by atoms with Crippen LogP contribution in [0.3, 0.4) is 0 Å². The van der Waals surface area contributed by atoms with Gasteiger partial charge in [-0.25, -0.2) is 0 Å². The summed E-state index contributed by atoms with van der Waals surface area (Å²) in [4.78, 5) is 7.98. The number of allylic oxidation sites excluding steroid dienone is 3. The molecule has 1 heterocycles. The van der Waals surface area contributed by atoms with Crippen molar-refractivity contribution >= 4 is 40.1 Å². The highest BCUT2D eigenvalue weighted by Gasteiger charge is 2.23. The third-order valence-electron chi connectivity index (χ3n) is 4.48. The van der Waals surface area contributed by atoms with Crippen molar-refractivity contribution in [2.24, 2.45) is 4.99 Å². The maximum Gasteiger partial charge on any atom is 0.119 e. The van der Waals surface area contributed by atoms with E-state index in [0.29, 0.717) is 0 Å². The van der Waals surface area contributed by atoms with Gasteiger partial charge in [0.1, 0.15) is 5.75 Å². The summed E-state index contributed by atoms with van der Waals surface area (Å²) in [7, 11) is 3.78. The first-order chi connectivity index (χ1) is 13.3. The number of hydrogen-bond acceptors (Lipinski definition) is 4. The molecule has 0 saturated carbocycles. The molecule has 0 saturated heterocycles. The van der Waals surface area contributed by atoms with E-state index in [9.17, 15) is 0 Å². The molecule has 0 unspecified atom stereocenters. The molecule has 1 aliphatic heterocycles. The molecule has 0 radical (unpaired) electrons. The Labute approximate surface area is 163 Å². The zero-order valence-electron chi connectivity index (χ0n) is 15.3. The molecule has 3 nitrogen and oxygen atoms in total. The number of anilines is 1. The maximum absolute atomic E-state index is 5.15. The fraction of sp³-hybridized carbons (Fsp3) is 0.0870. The highest BCUT2D eigenvalue weighted by Crippen LogP contribution is 2.48. The number of methoxy groups -OCH3 is 1. The second-order valence-corrected chi connectivity index (χ2v) is 7.22. The molecule has 0 amide bonds. The molecule has 0 spiro atoms. The summed E-state index contributed by atoms with van der Waals surface area (Å²) in [5.41, 5.74) is 2.18. The normalized spacial score (nSPS) is 15.3. The maximum atomic E-state index is 5.15. The Morgan fingerprint density at radius 3 is 2.59 bits per heavy atom. The van der Waals surface area contributed by atoms with E-state index in [1.165, 1.54) is 26.4 Å². The minimum atomic E-state index is 0.836. The Morgan fingerprint density at radius 2 is 1.78 bits per heavy atom. The topological polar surface area (TPSA) is 24.8 Å². The van der Waals surface area contributed by atoms with E-state index in [1.54, 1.807) is 25.1 Å². The van der Waals surface area contributed by atoms with Gasteiger partial charge in [0.05, 0.1) is 23.5 Å². The first-order valence-electron chi connectivity index (χ1n) is 8.74. The van der Waals surface area contributed by atoms with Crippen LogP contribution >= 0.6 is 11.8 Å². The summed E-state index contributed by atoms with van der Waals surface area (Å²) in [6.07, 6.45) is 7.91. The van der Waals surface area contributed by atoms with Crippen LogP contribution in [-0.4, -0.2) is 20.4 Å². The molecule has 4 heteroatoms.